The number of hydrogen-bond donors (Lipinski definition) is 2. The second-order valence-corrected chi connectivity index (χ2v) is 4.22. The fourth-order valence-electron chi connectivity index (χ4n) is 1.58. The van der Waals surface area contributed by atoms with Crippen LogP contribution in [0.1, 0.15) is 16.1 Å². The third kappa shape index (κ3) is 4.21. The average Bonchev–Trinajstić information content (AvgIpc) is 2.53. The van der Waals surface area contributed by atoms with Crippen LogP contribution in [0.2, 0.25) is 0 Å². The summed E-state index contributed by atoms with van der Waals surface area (Å²) in [7, 11) is 0. The quantitative estimate of drug-likeness (QED) is 0.636. The zero-order valence-corrected chi connectivity index (χ0v) is 11.2. The highest BCUT2D eigenvalue weighted by Gasteiger charge is 2.06. The van der Waals surface area contributed by atoms with Gasteiger partial charge in [-0.2, -0.15) is 5.26 Å². The molecular formula is C15H14N4O2. The van der Waals surface area contributed by atoms with Gasteiger partial charge in [-0.3, -0.25) is 4.79 Å². The van der Waals surface area contributed by atoms with Crippen LogP contribution in [-0.2, 0) is 0 Å². The smallest absolute Gasteiger partial charge is 0.269 e. The zero-order chi connectivity index (χ0) is 15.1. The Hall–Kier alpha value is -3.07. The van der Waals surface area contributed by atoms with E-state index in [1.807, 2.05) is 6.07 Å². The predicted molar refractivity (Wildman–Crippen MR) is 77.6 cm³/mol. The van der Waals surface area contributed by atoms with E-state index in [-0.39, 0.29) is 11.6 Å². The molecule has 0 aliphatic rings. The molecule has 0 atom stereocenters. The Kier molecular flexibility index (Phi) is 4.72. The van der Waals surface area contributed by atoms with Crippen molar-refractivity contribution >= 4 is 11.6 Å². The van der Waals surface area contributed by atoms with Crippen LogP contribution in [0.25, 0.3) is 0 Å². The molecule has 0 spiro atoms. The van der Waals surface area contributed by atoms with Crippen LogP contribution >= 0.6 is 0 Å². The first-order valence-electron chi connectivity index (χ1n) is 6.32. The molecular weight excluding hydrogens is 268 g/mol. The SMILES string of the molecule is N#Cc1ccc(C(=O)NCCOc2ccc(N)cc2)nc1. The van der Waals surface area contributed by atoms with Gasteiger partial charge < -0.3 is 15.8 Å². The fraction of sp³-hybridized carbons (Fsp3) is 0.133. The van der Waals surface area contributed by atoms with E-state index in [0.29, 0.717) is 30.2 Å². The first-order chi connectivity index (χ1) is 10.2. The molecule has 1 aromatic heterocycles. The standard InChI is InChI=1S/C15H14N4O2/c16-9-11-1-6-14(19-10-11)15(20)18-7-8-21-13-4-2-12(17)3-5-13/h1-6,10H,7-8,17H2,(H,18,20). The van der Waals surface area contributed by atoms with Crippen molar-refractivity contribution in [3.63, 3.8) is 0 Å². The summed E-state index contributed by atoms with van der Waals surface area (Å²) >= 11 is 0. The lowest BCUT2D eigenvalue weighted by Crippen LogP contribution is -2.28. The van der Waals surface area contributed by atoms with Gasteiger partial charge in [-0.15, -0.1) is 0 Å². The van der Waals surface area contributed by atoms with Gasteiger partial charge in [0.15, 0.2) is 0 Å². The number of amides is 1. The number of nitrogens with two attached hydrogens (primary N) is 1. The van der Waals surface area contributed by atoms with Gasteiger partial charge in [0.25, 0.3) is 5.91 Å². The van der Waals surface area contributed by atoms with Crippen molar-refractivity contribution in [2.24, 2.45) is 0 Å². The van der Waals surface area contributed by atoms with Crippen LogP contribution in [0.15, 0.2) is 42.6 Å². The summed E-state index contributed by atoms with van der Waals surface area (Å²) in [6.45, 7) is 0.691. The monoisotopic (exact) mass is 282 g/mol. The number of carbonyl (C=O) groups is 1. The molecule has 0 aliphatic carbocycles. The molecule has 1 heterocycles. The number of anilines is 1. The van der Waals surface area contributed by atoms with E-state index < -0.39 is 0 Å². The number of rotatable bonds is 5. The molecule has 21 heavy (non-hydrogen) atoms. The zero-order valence-electron chi connectivity index (χ0n) is 11.2. The van der Waals surface area contributed by atoms with Gasteiger partial charge in [0.05, 0.1) is 12.1 Å². The van der Waals surface area contributed by atoms with Crippen molar-refractivity contribution in [2.75, 3.05) is 18.9 Å². The lowest BCUT2D eigenvalue weighted by atomic mass is 10.2. The molecule has 0 bridgehead atoms. The maximum absolute atomic E-state index is 11.8. The Balaban J connectivity index is 1.76. The molecule has 0 fully saturated rings. The largest absolute Gasteiger partial charge is 0.492 e. The van der Waals surface area contributed by atoms with E-state index >= 15 is 0 Å². The maximum atomic E-state index is 11.8. The van der Waals surface area contributed by atoms with Crippen molar-refractivity contribution in [3.05, 3.63) is 53.9 Å². The Morgan fingerprint density at radius 1 is 1.29 bits per heavy atom. The number of nitrogens with zero attached hydrogens (tertiary/aromatic N) is 2. The molecule has 3 N–H and O–H groups in total. The number of benzene rings is 1. The van der Waals surface area contributed by atoms with E-state index in [4.69, 9.17) is 15.7 Å². The van der Waals surface area contributed by atoms with Crippen LogP contribution in [0.5, 0.6) is 5.75 Å². The van der Waals surface area contributed by atoms with Gasteiger partial charge in [-0.25, -0.2) is 4.98 Å². The summed E-state index contributed by atoms with van der Waals surface area (Å²) in [5, 5.41) is 11.3. The molecule has 6 nitrogen and oxygen atoms in total. The molecule has 0 radical (unpaired) electrons. The van der Waals surface area contributed by atoms with E-state index in [1.165, 1.54) is 12.3 Å². The summed E-state index contributed by atoms with van der Waals surface area (Å²) in [6, 6.07) is 12.0. The minimum absolute atomic E-state index is 0.265. The topological polar surface area (TPSA) is 101 Å². The molecule has 106 valence electrons. The molecule has 1 aromatic carbocycles. The van der Waals surface area contributed by atoms with E-state index in [0.717, 1.165) is 0 Å². The van der Waals surface area contributed by atoms with Gasteiger partial charge in [0.2, 0.25) is 0 Å². The number of hydrogen-bond acceptors (Lipinski definition) is 5. The molecule has 0 saturated carbocycles. The minimum atomic E-state index is -0.305. The highest BCUT2D eigenvalue weighted by molar-refractivity contribution is 5.92. The summed E-state index contributed by atoms with van der Waals surface area (Å²) in [5.41, 5.74) is 6.92. The van der Waals surface area contributed by atoms with Crippen molar-refractivity contribution in [1.82, 2.24) is 10.3 Å². The first-order valence-corrected chi connectivity index (χ1v) is 6.32. The number of nitrogen functional groups attached to an aromatic ring is 1. The van der Waals surface area contributed by atoms with Crippen molar-refractivity contribution in [3.8, 4) is 11.8 Å². The molecule has 1 amide bonds. The summed E-state index contributed by atoms with van der Waals surface area (Å²) in [5.74, 6) is 0.385. The molecule has 6 heteroatoms. The minimum Gasteiger partial charge on any atom is -0.492 e. The van der Waals surface area contributed by atoms with Crippen LogP contribution < -0.4 is 15.8 Å². The number of pyridine rings is 1. The van der Waals surface area contributed by atoms with Crippen LogP contribution in [0.4, 0.5) is 5.69 Å². The lowest BCUT2D eigenvalue weighted by Gasteiger charge is -2.07. The second-order valence-electron chi connectivity index (χ2n) is 4.22. The third-order valence-corrected chi connectivity index (χ3v) is 2.66. The van der Waals surface area contributed by atoms with Gasteiger partial charge in [0.1, 0.15) is 24.1 Å². The number of carbonyl (C=O) groups excluding carboxylic acids is 1. The van der Waals surface area contributed by atoms with E-state index in [1.54, 1.807) is 30.3 Å². The lowest BCUT2D eigenvalue weighted by molar-refractivity contribution is 0.0942. The maximum Gasteiger partial charge on any atom is 0.269 e. The Morgan fingerprint density at radius 3 is 2.67 bits per heavy atom. The number of nitrogens with one attached hydrogen (secondary N) is 1. The van der Waals surface area contributed by atoms with Gasteiger partial charge in [0, 0.05) is 11.9 Å². The Morgan fingerprint density at radius 2 is 2.05 bits per heavy atom. The van der Waals surface area contributed by atoms with E-state index in [2.05, 4.69) is 10.3 Å². The van der Waals surface area contributed by atoms with Gasteiger partial charge >= 0.3 is 0 Å². The summed E-state index contributed by atoms with van der Waals surface area (Å²) < 4.78 is 5.45. The summed E-state index contributed by atoms with van der Waals surface area (Å²) in [6.07, 6.45) is 1.36. The Labute approximate surface area is 122 Å². The summed E-state index contributed by atoms with van der Waals surface area (Å²) in [4.78, 5) is 15.7. The van der Waals surface area contributed by atoms with Crippen molar-refractivity contribution in [2.45, 2.75) is 0 Å². The first kappa shape index (κ1) is 14.3. The predicted octanol–water partition coefficient (Wildman–Crippen LogP) is 1.34. The fourth-order valence-corrected chi connectivity index (χ4v) is 1.58. The van der Waals surface area contributed by atoms with Crippen molar-refractivity contribution in [1.29, 1.82) is 5.26 Å². The van der Waals surface area contributed by atoms with E-state index in [9.17, 15) is 4.79 Å². The van der Waals surface area contributed by atoms with Crippen LogP contribution in [0, 0.1) is 11.3 Å². The number of aromatic nitrogens is 1. The molecule has 0 saturated heterocycles. The Bertz CT molecular complexity index is 645. The number of ether oxygens (including phenoxy) is 1. The second kappa shape index (κ2) is 6.91. The average molecular weight is 282 g/mol. The third-order valence-electron chi connectivity index (χ3n) is 2.66. The number of nitriles is 1. The van der Waals surface area contributed by atoms with Gasteiger partial charge in [-0.1, -0.05) is 0 Å². The highest BCUT2D eigenvalue weighted by atomic mass is 16.5. The molecule has 2 aromatic rings. The van der Waals surface area contributed by atoms with Crippen LogP contribution in [0.3, 0.4) is 0 Å². The van der Waals surface area contributed by atoms with Crippen LogP contribution in [-0.4, -0.2) is 24.0 Å². The molecule has 0 aliphatic heterocycles. The normalized spacial score (nSPS) is 9.67. The van der Waals surface area contributed by atoms with Crippen molar-refractivity contribution < 1.29 is 9.53 Å². The molecule has 2 rings (SSSR count). The highest BCUT2D eigenvalue weighted by Crippen LogP contribution is 2.12. The van der Waals surface area contributed by atoms with Gasteiger partial charge in [-0.05, 0) is 36.4 Å². The molecule has 0 unspecified atom stereocenters.